The summed E-state index contributed by atoms with van der Waals surface area (Å²) in [6.45, 7) is 9.85. The lowest BCUT2D eigenvalue weighted by atomic mass is 9.93. The number of nitrogens with zero attached hydrogens (tertiary/aromatic N) is 4. The summed E-state index contributed by atoms with van der Waals surface area (Å²) < 4.78 is 18.8. The Balaban J connectivity index is 1.32. The average molecular weight is 727 g/mol. The molecule has 0 saturated carbocycles. The van der Waals surface area contributed by atoms with E-state index < -0.39 is 12.0 Å². The molecule has 1 aliphatic rings. The molecule has 0 bridgehead atoms. The fourth-order valence-electron chi connectivity index (χ4n) is 6.62. The van der Waals surface area contributed by atoms with Crippen LogP contribution in [0.2, 0.25) is 5.02 Å². The molecule has 11 heteroatoms. The number of carboxylic acid groups (broad SMARTS) is 1. The minimum Gasteiger partial charge on any atom is -0.493 e. The number of rotatable bonds is 17. The van der Waals surface area contributed by atoms with E-state index in [1.807, 2.05) is 31.2 Å². The maximum absolute atomic E-state index is 11.9. The molecule has 1 saturated heterocycles. The first-order valence-electron chi connectivity index (χ1n) is 17.6. The number of pyridine rings is 1. The van der Waals surface area contributed by atoms with Crippen molar-refractivity contribution < 1.29 is 29.2 Å². The van der Waals surface area contributed by atoms with Crippen LogP contribution in [-0.2, 0) is 24.6 Å². The molecule has 1 fully saturated rings. The number of likely N-dealkylation sites (N-methyl/N-ethyl adjacent to an activating group) is 1. The summed E-state index contributed by atoms with van der Waals surface area (Å²) in [5, 5.41) is 29.2. The Bertz CT molecular complexity index is 1900. The van der Waals surface area contributed by atoms with Gasteiger partial charge in [-0.05, 0) is 86.2 Å². The summed E-state index contributed by atoms with van der Waals surface area (Å²) in [6.07, 6.45) is 5.08. The lowest BCUT2D eigenvalue weighted by molar-refractivity contribution is -0.143. The highest BCUT2D eigenvalue weighted by Crippen LogP contribution is 2.37. The summed E-state index contributed by atoms with van der Waals surface area (Å²) in [7, 11) is 1.76. The van der Waals surface area contributed by atoms with Gasteiger partial charge in [0, 0.05) is 55.8 Å². The molecule has 2 atom stereocenters. The van der Waals surface area contributed by atoms with Crippen molar-refractivity contribution in [3.63, 3.8) is 0 Å². The number of β-amino-alcohol motifs (C(OH)–C–C–N with tert-alkyl or cyclic N) is 1. The third-order valence-corrected chi connectivity index (χ3v) is 9.88. The molecule has 2 N–H and O–H groups in total. The van der Waals surface area contributed by atoms with Gasteiger partial charge in [0.2, 0.25) is 0 Å². The standard InChI is InChI=1S/C41H47ClN4O6/c1-5-37(41(48)49)45(4)23-32-18-36(42)40(19-39(32)51-25-30-17-29(20-43)21-44-22-30)52-26-31-9-6-10-34(27(31)2)35-11-7-12-38(28(35)3)50-16-8-14-46-15-13-33(47)24-46/h6-7,9-12,17-19,21-22,33,37,47H,5,8,13-16,23-26H2,1-4H3,(H,48,49)/t33-,37+/m1/s1. The molecule has 52 heavy (non-hydrogen) atoms. The van der Waals surface area contributed by atoms with Crippen molar-refractivity contribution in [2.24, 2.45) is 0 Å². The highest BCUT2D eigenvalue weighted by atomic mass is 35.5. The monoisotopic (exact) mass is 726 g/mol. The van der Waals surface area contributed by atoms with Crippen molar-refractivity contribution in [2.45, 2.75) is 71.9 Å². The van der Waals surface area contributed by atoms with E-state index in [2.05, 4.69) is 41.9 Å². The van der Waals surface area contributed by atoms with Crippen LogP contribution >= 0.6 is 11.6 Å². The van der Waals surface area contributed by atoms with E-state index in [9.17, 15) is 20.3 Å². The number of carboxylic acids is 1. The molecule has 2 heterocycles. The third kappa shape index (κ3) is 9.81. The molecule has 0 aliphatic carbocycles. The van der Waals surface area contributed by atoms with E-state index in [0.29, 0.717) is 46.2 Å². The second kappa shape index (κ2) is 18.2. The van der Waals surface area contributed by atoms with Gasteiger partial charge in [0.1, 0.15) is 42.6 Å². The predicted molar refractivity (Wildman–Crippen MR) is 201 cm³/mol. The smallest absolute Gasteiger partial charge is 0.320 e. The molecule has 1 aliphatic heterocycles. The molecule has 0 amide bonds. The number of ether oxygens (including phenoxy) is 3. The first-order chi connectivity index (χ1) is 25.1. The minimum atomic E-state index is -0.903. The molecule has 0 spiro atoms. The number of hydrogen-bond acceptors (Lipinski definition) is 9. The number of likely N-dealkylation sites (tertiary alicyclic amines) is 1. The number of aromatic nitrogens is 1. The van der Waals surface area contributed by atoms with Gasteiger partial charge in [-0.1, -0.05) is 48.9 Å². The van der Waals surface area contributed by atoms with Crippen LogP contribution in [0.5, 0.6) is 17.2 Å². The molecule has 3 aromatic carbocycles. The second-order valence-corrected chi connectivity index (χ2v) is 13.7. The van der Waals surface area contributed by atoms with Gasteiger partial charge in [-0.2, -0.15) is 5.26 Å². The van der Waals surface area contributed by atoms with Crippen LogP contribution in [0.25, 0.3) is 11.1 Å². The maximum Gasteiger partial charge on any atom is 0.320 e. The van der Waals surface area contributed by atoms with Gasteiger partial charge in [0.05, 0.1) is 23.3 Å². The Labute approximate surface area is 311 Å². The topological polar surface area (TPSA) is 128 Å². The van der Waals surface area contributed by atoms with Crippen LogP contribution in [0.4, 0.5) is 0 Å². The highest BCUT2D eigenvalue weighted by Gasteiger charge is 2.23. The number of benzene rings is 3. The number of nitriles is 1. The molecule has 5 rings (SSSR count). The number of aliphatic hydroxyl groups excluding tert-OH is 1. The molecular weight excluding hydrogens is 680 g/mol. The first-order valence-corrected chi connectivity index (χ1v) is 18.0. The largest absolute Gasteiger partial charge is 0.493 e. The van der Waals surface area contributed by atoms with Crippen molar-refractivity contribution in [1.29, 1.82) is 5.26 Å². The van der Waals surface area contributed by atoms with Gasteiger partial charge in [-0.25, -0.2) is 0 Å². The van der Waals surface area contributed by atoms with Gasteiger partial charge in [0.25, 0.3) is 0 Å². The second-order valence-electron chi connectivity index (χ2n) is 13.3. The van der Waals surface area contributed by atoms with Gasteiger partial charge in [-0.3, -0.25) is 14.7 Å². The first kappa shape index (κ1) is 38.6. The maximum atomic E-state index is 11.9. The fourth-order valence-corrected chi connectivity index (χ4v) is 6.86. The summed E-state index contributed by atoms with van der Waals surface area (Å²) in [6, 6.07) is 18.9. The Morgan fingerprint density at radius 3 is 2.48 bits per heavy atom. The predicted octanol–water partition coefficient (Wildman–Crippen LogP) is 7.18. The van der Waals surface area contributed by atoms with Crippen molar-refractivity contribution in [3.05, 3.63) is 105 Å². The molecule has 1 aromatic heterocycles. The highest BCUT2D eigenvalue weighted by molar-refractivity contribution is 6.32. The lowest BCUT2D eigenvalue weighted by Crippen LogP contribution is -2.37. The van der Waals surface area contributed by atoms with Gasteiger partial charge in [0.15, 0.2) is 0 Å². The average Bonchev–Trinajstić information content (AvgIpc) is 3.55. The number of halogens is 1. The summed E-state index contributed by atoms with van der Waals surface area (Å²) >= 11 is 6.80. The van der Waals surface area contributed by atoms with E-state index in [-0.39, 0.29) is 25.9 Å². The molecule has 10 nitrogen and oxygen atoms in total. The van der Waals surface area contributed by atoms with Crippen LogP contribution in [0.1, 0.15) is 59.6 Å². The van der Waals surface area contributed by atoms with Crippen molar-refractivity contribution in [1.82, 2.24) is 14.8 Å². The SMILES string of the molecule is CC[C@@H](C(=O)O)N(C)Cc1cc(Cl)c(OCc2cccc(-c3cccc(OCCCN4CC[C@@H](O)C4)c3C)c2C)cc1OCc1cncc(C#N)c1. The van der Waals surface area contributed by atoms with Crippen LogP contribution in [0, 0.1) is 25.2 Å². The normalized spacial score (nSPS) is 15.0. The molecular formula is C41H47ClN4O6. The lowest BCUT2D eigenvalue weighted by Gasteiger charge is -2.25. The summed E-state index contributed by atoms with van der Waals surface area (Å²) in [4.78, 5) is 20.0. The van der Waals surface area contributed by atoms with E-state index in [4.69, 9.17) is 25.8 Å². The summed E-state index contributed by atoms with van der Waals surface area (Å²) in [5.74, 6) is 0.871. The number of hydrogen-bond donors (Lipinski definition) is 2. The van der Waals surface area contributed by atoms with Crippen molar-refractivity contribution in [2.75, 3.05) is 33.3 Å². The number of aliphatic carboxylic acids is 1. The van der Waals surface area contributed by atoms with E-state index >= 15 is 0 Å². The van der Waals surface area contributed by atoms with Crippen LogP contribution < -0.4 is 14.2 Å². The molecule has 274 valence electrons. The van der Waals surface area contributed by atoms with Gasteiger partial charge >= 0.3 is 5.97 Å². The van der Waals surface area contributed by atoms with E-state index in [1.165, 1.54) is 6.20 Å². The van der Waals surface area contributed by atoms with Crippen molar-refractivity contribution >= 4 is 17.6 Å². The van der Waals surface area contributed by atoms with Gasteiger partial charge in [-0.15, -0.1) is 0 Å². The molecule has 4 aromatic rings. The zero-order valence-electron chi connectivity index (χ0n) is 30.3. The molecule has 0 unspecified atom stereocenters. The Hall–Kier alpha value is -4.66. The van der Waals surface area contributed by atoms with Crippen LogP contribution in [0.3, 0.4) is 0 Å². The Morgan fingerprint density at radius 2 is 1.77 bits per heavy atom. The zero-order chi connectivity index (χ0) is 37.2. The Kier molecular flexibility index (Phi) is 13.5. The van der Waals surface area contributed by atoms with Crippen molar-refractivity contribution in [3.8, 4) is 34.4 Å². The Morgan fingerprint density at radius 1 is 1.02 bits per heavy atom. The number of carbonyl (C=O) groups is 1. The number of aliphatic hydroxyl groups is 1. The zero-order valence-corrected chi connectivity index (χ0v) is 31.0. The minimum absolute atomic E-state index is 0.141. The van der Waals surface area contributed by atoms with Crippen LogP contribution in [-0.4, -0.2) is 76.4 Å². The third-order valence-electron chi connectivity index (χ3n) is 9.58. The quantitative estimate of drug-likeness (QED) is 0.108. The van der Waals surface area contributed by atoms with E-state index in [0.717, 1.165) is 66.0 Å². The fraction of sp³-hybridized carbons (Fsp3) is 0.390. The summed E-state index contributed by atoms with van der Waals surface area (Å²) in [5.41, 5.74) is 7.15. The molecule has 0 radical (unpaired) electrons. The van der Waals surface area contributed by atoms with E-state index in [1.54, 1.807) is 36.3 Å². The van der Waals surface area contributed by atoms with Crippen LogP contribution in [0.15, 0.2) is 67.0 Å². The van der Waals surface area contributed by atoms with Gasteiger partial charge < -0.3 is 29.3 Å².